The van der Waals surface area contributed by atoms with E-state index in [9.17, 15) is 4.79 Å². The van der Waals surface area contributed by atoms with E-state index < -0.39 is 0 Å². The zero-order valence-electron chi connectivity index (χ0n) is 13.9. The quantitative estimate of drug-likeness (QED) is 0.627. The van der Waals surface area contributed by atoms with Crippen LogP contribution >= 0.6 is 0 Å². The molecule has 6 nitrogen and oxygen atoms in total. The summed E-state index contributed by atoms with van der Waals surface area (Å²) in [4.78, 5) is 11.7. The number of benzene rings is 1. The van der Waals surface area contributed by atoms with E-state index in [0.717, 1.165) is 22.4 Å². The first-order valence-corrected chi connectivity index (χ1v) is 7.53. The van der Waals surface area contributed by atoms with Gasteiger partial charge in [0.15, 0.2) is 0 Å². The number of nitrogens with zero attached hydrogens (tertiary/aromatic N) is 1. The van der Waals surface area contributed by atoms with Gasteiger partial charge in [-0.2, -0.15) is 0 Å². The molecule has 0 atom stereocenters. The first kappa shape index (κ1) is 17.0. The van der Waals surface area contributed by atoms with E-state index in [1.807, 2.05) is 26.8 Å². The van der Waals surface area contributed by atoms with Gasteiger partial charge < -0.3 is 14.2 Å². The highest BCUT2D eigenvalue weighted by molar-refractivity contribution is 5.91. The Morgan fingerprint density at radius 1 is 1.26 bits per heavy atom. The number of H-pyrrole nitrogens is 1. The topological polar surface area (TPSA) is 73.4 Å². The largest absolute Gasteiger partial charge is 0.474 e. The van der Waals surface area contributed by atoms with Gasteiger partial charge in [-0.3, -0.25) is 5.10 Å². The van der Waals surface area contributed by atoms with Crippen molar-refractivity contribution in [3.63, 3.8) is 0 Å². The summed E-state index contributed by atoms with van der Waals surface area (Å²) in [7, 11) is 1.37. The fourth-order valence-electron chi connectivity index (χ4n) is 2.26. The summed E-state index contributed by atoms with van der Waals surface area (Å²) in [5.74, 6) is 0.180. The van der Waals surface area contributed by atoms with Crippen molar-refractivity contribution in [2.24, 2.45) is 0 Å². The van der Waals surface area contributed by atoms with Gasteiger partial charge in [-0.15, -0.1) is 5.10 Å². The van der Waals surface area contributed by atoms with Crippen molar-refractivity contribution in [3.05, 3.63) is 34.9 Å². The summed E-state index contributed by atoms with van der Waals surface area (Å²) in [6, 6.07) is 5.43. The van der Waals surface area contributed by atoms with Crippen molar-refractivity contribution >= 4 is 5.97 Å². The Hall–Kier alpha value is -2.34. The SMILES string of the molecule is CCOCCOc1n[nH]c(-c2cc(C(=O)OC)ccc2C)c1C. The van der Waals surface area contributed by atoms with Gasteiger partial charge in [0.25, 0.3) is 0 Å². The molecule has 0 radical (unpaired) electrons. The minimum absolute atomic E-state index is 0.364. The van der Waals surface area contributed by atoms with Crippen molar-refractivity contribution in [2.45, 2.75) is 20.8 Å². The molecule has 1 aromatic heterocycles. The average molecular weight is 318 g/mol. The minimum Gasteiger partial charge on any atom is -0.474 e. The summed E-state index contributed by atoms with van der Waals surface area (Å²) in [5.41, 5.74) is 4.16. The second-order valence-corrected chi connectivity index (χ2v) is 5.10. The summed E-state index contributed by atoms with van der Waals surface area (Å²) >= 11 is 0. The van der Waals surface area contributed by atoms with Crippen LogP contribution in [0.4, 0.5) is 0 Å². The van der Waals surface area contributed by atoms with Crippen LogP contribution < -0.4 is 4.74 Å². The Kier molecular flexibility index (Phi) is 5.76. The second kappa shape index (κ2) is 7.78. The lowest BCUT2D eigenvalue weighted by molar-refractivity contribution is 0.0601. The number of esters is 1. The first-order valence-electron chi connectivity index (χ1n) is 7.53. The van der Waals surface area contributed by atoms with Crippen LogP contribution in [0.2, 0.25) is 0 Å². The number of aromatic nitrogens is 2. The highest BCUT2D eigenvalue weighted by atomic mass is 16.5. The standard InChI is InChI=1S/C17H22N2O4/c1-5-22-8-9-23-16-12(3)15(18-19-16)14-10-13(17(20)21-4)7-6-11(14)2/h6-7,10H,5,8-9H2,1-4H3,(H,18,19). The molecule has 23 heavy (non-hydrogen) atoms. The van der Waals surface area contributed by atoms with Crippen molar-refractivity contribution in [1.82, 2.24) is 10.2 Å². The molecule has 0 amide bonds. The first-order chi connectivity index (χ1) is 11.1. The van der Waals surface area contributed by atoms with E-state index in [-0.39, 0.29) is 5.97 Å². The fourth-order valence-corrected chi connectivity index (χ4v) is 2.26. The second-order valence-electron chi connectivity index (χ2n) is 5.10. The molecule has 6 heteroatoms. The average Bonchev–Trinajstić information content (AvgIpc) is 2.92. The molecule has 0 unspecified atom stereocenters. The molecule has 0 bridgehead atoms. The number of aryl methyl sites for hydroxylation is 1. The van der Waals surface area contributed by atoms with E-state index in [1.165, 1.54) is 7.11 Å². The molecule has 0 aliphatic heterocycles. The number of aromatic amines is 1. The van der Waals surface area contributed by atoms with E-state index in [4.69, 9.17) is 14.2 Å². The van der Waals surface area contributed by atoms with Crippen LogP contribution in [0.15, 0.2) is 18.2 Å². The Bertz CT molecular complexity index is 679. The molecule has 2 rings (SSSR count). The van der Waals surface area contributed by atoms with E-state index in [1.54, 1.807) is 12.1 Å². The fraction of sp³-hybridized carbons (Fsp3) is 0.412. The van der Waals surface area contributed by atoms with Gasteiger partial charge in [-0.1, -0.05) is 6.07 Å². The minimum atomic E-state index is -0.364. The third kappa shape index (κ3) is 3.90. The van der Waals surface area contributed by atoms with Crippen molar-refractivity contribution in [3.8, 4) is 17.1 Å². The van der Waals surface area contributed by atoms with Crippen LogP contribution in [0.3, 0.4) is 0 Å². The molecule has 0 spiro atoms. The maximum absolute atomic E-state index is 11.7. The molecular formula is C17H22N2O4. The molecule has 0 saturated heterocycles. The molecule has 2 aromatic rings. The van der Waals surface area contributed by atoms with Crippen molar-refractivity contribution in [2.75, 3.05) is 26.9 Å². The molecule has 0 aliphatic rings. The number of carbonyl (C=O) groups excluding carboxylic acids is 1. The normalized spacial score (nSPS) is 10.6. The third-order valence-electron chi connectivity index (χ3n) is 3.56. The Balaban J connectivity index is 2.25. The van der Waals surface area contributed by atoms with Crippen LogP contribution in [0.25, 0.3) is 11.3 Å². The molecule has 0 aliphatic carbocycles. The van der Waals surface area contributed by atoms with Gasteiger partial charge in [0.1, 0.15) is 6.61 Å². The summed E-state index contributed by atoms with van der Waals surface area (Å²) in [6.45, 7) is 7.48. The molecule has 1 aromatic carbocycles. The predicted octanol–water partition coefficient (Wildman–Crippen LogP) is 2.90. The monoisotopic (exact) mass is 318 g/mol. The molecule has 1 N–H and O–H groups in total. The van der Waals surface area contributed by atoms with Gasteiger partial charge in [-0.25, -0.2) is 4.79 Å². The lowest BCUT2D eigenvalue weighted by Gasteiger charge is -2.08. The van der Waals surface area contributed by atoms with Gasteiger partial charge in [-0.05, 0) is 38.5 Å². The van der Waals surface area contributed by atoms with E-state index >= 15 is 0 Å². The summed E-state index contributed by atoms with van der Waals surface area (Å²) in [5, 5.41) is 7.19. The highest BCUT2D eigenvalue weighted by Crippen LogP contribution is 2.30. The molecular weight excluding hydrogens is 296 g/mol. The Morgan fingerprint density at radius 3 is 2.74 bits per heavy atom. The number of ether oxygens (including phenoxy) is 3. The van der Waals surface area contributed by atoms with Gasteiger partial charge in [0.2, 0.25) is 5.88 Å². The molecule has 0 saturated carbocycles. The van der Waals surface area contributed by atoms with Crippen LogP contribution in [-0.2, 0) is 9.47 Å². The number of nitrogens with one attached hydrogen (secondary N) is 1. The van der Waals surface area contributed by atoms with Crippen molar-refractivity contribution in [1.29, 1.82) is 0 Å². The number of carbonyl (C=O) groups is 1. The van der Waals surface area contributed by atoms with Gasteiger partial charge in [0.05, 0.1) is 25.0 Å². The van der Waals surface area contributed by atoms with Gasteiger partial charge >= 0.3 is 5.97 Å². The third-order valence-corrected chi connectivity index (χ3v) is 3.56. The number of hydrogen-bond acceptors (Lipinski definition) is 5. The highest BCUT2D eigenvalue weighted by Gasteiger charge is 2.16. The molecule has 0 fully saturated rings. The lowest BCUT2D eigenvalue weighted by atomic mass is 10.0. The summed E-state index contributed by atoms with van der Waals surface area (Å²) in [6.07, 6.45) is 0. The van der Waals surface area contributed by atoms with Gasteiger partial charge in [0, 0.05) is 17.7 Å². The van der Waals surface area contributed by atoms with Crippen LogP contribution in [0.1, 0.15) is 28.4 Å². The number of hydrogen-bond donors (Lipinski definition) is 1. The van der Waals surface area contributed by atoms with E-state index in [2.05, 4.69) is 10.2 Å². The summed E-state index contributed by atoms with van der Waals surface area (Å²) < 4.78 is 15.6. The molecule has 1 heterocycles. The molecule has 124 valence electrons. The number of methoxy groups -OCH3 is 1. The Labute approximate surface area is 135 Å². The van der Waals surface area contributed by atoms with Crippen LogP contribution in [-0.4, -0.2) is 43.1 Å². The smallest absolute Gasteiger partial charge is 0.337 e. The van der Waals surface area contributed by atoms with E-state index in [0.29, 0.717) is 31.3 Å². The Morgan fingerprint density at radius 2 is 2.04 bits per heavy atom. The van der Waals surface area contributed by atoms with Crippen LogP contribution in [0, 0.1) is 13.8 Å². The zero-order valence-corrected chi connectivity index (χ0v) is 13.9. The van der Waals surface area contributed by atoms with Crippen LogP contribution in [0.5, 0.6) is 5.88 Å². The maximum Gasteiger partial charge on any atom is 0.337 e. The zero-order chi connectivity index (χ0) is 16.8. The predicted molar refractivity (Wildman–Crippen MR) is 86.8 cm³/mol. The number of rotatable bonds is 7. The van der Waals surface area contributed by atoms with Crippen molar-refractivity contribution < 1.29 is 19.0 Å². The maximum atomic E-state index is 11.7. The lowest BCUT2D eigenvalue weighted by Crippen LogP contribution is -2.07.